The lowest BCUT2D eigenvalue weighted by atomic mass is 10.1. The van der Waals surface area contributed by atoms with Crippen molar-refractivity contribution < 1.29 is 82.4 Å². The molecule has 0 radical (unpaired) electrons. The van der Waals surface area contributed by atoms with Gasteiger partial charge < -0.3 is 19.3 Å². The van der Waals surface area contributed by atoms with Crippen LogP contribution in [-0.2, 0) is 4.74 Å². The molecule has 1 heterocycles. The van der Waals surface area contributed by atoms with Gasteiger partial charge >= 0.3 is 17.9 Å². The zero-order valence-electron chi connectivity index (χ0n) is 18.2. The number of esters is 2. The van der Waals surface area contributed by atoms with E-state index in [1.54, 1.807) is 0 Å². The molecule has 40 heavy (non-hydrogen) atoms. The van der Waals surface area contributed by atoms with Gasteiger partial charge in [-0.15, -0.1) is 0 Å². The van der Waals surface area contributed by atoms with Gasteiger partial charge in [0.1, 0.15) is 16.7 Å². The number of ether oxygens (including phenoxy) is 3. The van der Waals surface area contributed by atoms with Crippen molar-refractivity contribution in [3.63, 3.8) is 0 Å². The molecule has 3 aromatic rings. The monoisotopic (exact) mass is 584 g/mol. The van der Waals surface area contributed by atoms with Gasteiger partial charge in [0.2, 0.25) is 57.9 Å². The van der Waals surface area contributed by atoms with E-state index in [-0.39, 0.29) is 0 Å². The molecule has 1 aliphatic rings. The topological polar surface area (TPSA) is 116 Å². The van der Waals surface area contributed by atoms with Crippen LogP contribution in [-0.4, -0.2) is 29.3 Å². The summed E-state index contributed by atoms with van der Waals surface area (Å²) < 4.78 is 156. The fraction of sp³-hybridized carbons (Fsp3) is 0. The fourth-order valence-corrected chi connectivity index (χ4v) is 3.34. The summed E-state index contributed by atoms with van der Waals surface area (Å²) in [5.74, 6) is -41.1. The number of benzene rings is 3. The molecule has 0 amide bonds. The summed E-state index contributed by atoms with van der Waals surface area (Å²) in [6, 6.07) is 0. The molecule has 3 aromatic carbocycles. The van der Waals surface area contributed by atoms with Crippen LogP contribution < -0.4 is 9.47 Å². The molecule has 4 rings (SSSR count). The minimum absolute atomic E-state index is 0.666. The Hall–Kier alpha value is -5.16. The largest absolute Gasteiger partial charge is 0.478 e. The quantitative estimate of drug-likeness (QED) is 0.133. The molecule has 0 aromatic heterocycles. The van der Waals surface area contributed by atoms with Crippen LogP contribution in [0, 0.1) is 58.2 Å². The summed E-state index contributed by atoms with van der Waals surface area (Å²) in [6.45, 7) is 0. The highest BCUT2D eigenvalue weighted by atomic mass is 19.2. The second kappa shape index (κ2) is 9.54. The third kappa shape index (κ3) is 3.86. The summed E-state index contributed by atoms with van der Waals surface area (Å²) in [4.78, 5) is 45.0. The van der Waals surface area contributed by atoms with Crippen molar-refractivity contribution in [2.75, 3.05) is 0 Å². The summed E-state index contributed by atoms with van der Waals surface area (Å²) in [5, 5.41) is 8.83. The van der Waals surface area contributed by atoms with E-state index in [0.29, 0.717) is 0 Å². The van der Waals surface area contributed by atoms with Gasteiger partial charge in [-0.2, -0.15) is 26.3 Å². The second-order valence-corrected chi connectivity index (χ2v) is 7.30. The van der Waals surface area contributed by atoms with E-state index in [9.17, 15) is 63.1 Å². The normalized spacial score (nSPS) is 12.3. The molecular weight excluding hydrogens is 582 g/mol. The molecule has 1 N–H and O–H groups in total. The number of halogens is 10. The van der Waals surface area contributed by atoms with Crippen molar-refractivity contribution in [1.29, 1.82) is 0 Å². The van der Waals surface area contributed by atoms with Crippen LogP contribution in [0.25, 0.3) is 0 Å². The van der Waals surface area contributed by atoms with Crippen LogP contribution in [0.4, 0.5) is 43.9 Å². The minimum Gasteiger partial charge on any atom is -0.478 e. The maximum absolute atomic E-state index is 14.6. The number of carboxylic acid groups (broad SMARTS) is 1. The van der Waals surface area contributed by atoms with Gasteiger partial charge in [0, 0.05) is 0 Å². The molecule has 0 fully saturated rings. The SMILES string of the molecule is O=Cc1c(F)c(Oc2c(F)c(F)c(Oc3c(F)c(F)c4c(c3F)C(=O)OC4=O)c(F)c2F)c(F)c(F)c1C(=O)O. The van der Waals surface area contributed by atoms with Crippen molar-refractivity contribution >= 4 is 24.2 Å². The van der Waals surface area contributed by atoms with E-state index in [1.165, 1.54) is 0 Å². The van der Waals surface area contributed by atoms with E-state index in [2.05, 4.69) is 14.2 Å². The fourth-order valence-electron chi connectivity index (χ4n) is 3.34. The van der Waals surface area contributed by atoms with Crippen LogP contribution in [0.5, 0.6) is 23.0 Å². The molecule has 8 nitrogen and oxygen atoms in total. The molecule has 0 saturated carbocycles. The summed E-state index contributed by atoms with van der Waals surface area (Å²) in [7, 11) is 0. The van der Waals surface area contributed by atoms with Crippen molar-refractivity contribution in [2.24, 2.45) is 0 Å². The van der Waals surface area contributed by atoms with Crippen LogP contribution in [0.15, 0.2) is 0 Å². The number of carboxylic acids is 1. The third-order valence-corrected chi connectivity index (χ3v) is 5.11. The second-order valence-electron chi connectivity index (χ2n) is 7.30. The lowest BCUT2D eigenvalue weighted by Crippen LogP contribution is -2.13. The maximum Gasteiger partial charge on any atom is 0.350 e. The van der Waals surface area contributed by atoms with Crippen molar-refractivity contribution in [3.05, 3.63) is 80.4 Å². The van der Waals surface area contributed by atoms with E-state index >= 15 is 0 Å². The van der Waals surface area contributed by atoms with E-state index in [1.807, 2.05) is 0 Å². The Morgan fingerprint density at radius 2 is 0.925 bits per heavy atom. The molecule has 0 bridgehead atoms. The first-order valence-electron chi connectivity index (χ1n) is 9.72. The predicted molar refractivity (Wildman–Crippen MR) is 101 cm³/mol. The highest BCUT2D eigenvalue weighted by molar-refractivity contribution is 6.15. The summed E-state index contributed by atoms with van der Waals surface area (Å²) in [5.41, 5.74) is -6.81. The zero-order chi connectivity index (χ0) is 30.0. The number of aromatic carboxylic acids is 1. The number of carbonyl (C=O) groups excluding carboxylic acids is 3. The van der Waals surface area contributed by atoms with Crippen LogP contribution in [0.3, 0.4) is 0 Å². The molecular formula is C22H2F10O8. The first kappa shape index (κ1) is 27.9. The van der Waals surface area contributed by atoms with Gasteiger partial charge in [0.15, 0.2) is 29.6 Å². The number of aldehydes is 1. The molecule has 0 saturated heterocycles. The molecule has 0 atom stereocenters. The number of cyclic esters (lactones) is 2. The molecule has 0 unspecified atom stereocenters. The molecule has 1 aliphatic heterocycles. The van der Waals surface area contributed by atoms with Crippen LogP contribution in [0.2, 0.25) is 0 Å². The Labute approximate surface area is 210 Å². The Morgan fingerprint density at radius 1 is 0.575 bits per heavy atom. The number of fused-ring (bicyclic) bond motifs is 1. The van der Waals surface area contributed by atoms with Crippen LogP contribution in [0.1, 0.15) is 41.4 Å². The minimum atomic E-state index is -2.78. The Balaban J connectivity index is 1.87. The number of carbonyl (C=O) groups is 4. The van der Waals surface area contributed by atoms with E-state index in [0.717, 1.165) is 0 Å². The van der Waals surface area contributed by atoms with Gasteiger partial charge in [-0.3, -0.25) is 4.79 Å². The van der Waals surface area contributed by atoms with Crippen molar-refractivity contribution in [2.45, 2.75) is 0 Å². The van der Waals surface area contributed by atoms with Crippen molar-refractivity contribution in [3.8, 4) is 23.0 Å². The highest BCUT2D eigenvalue weighted by Gasteiger charge is 2.42. The lowest BCUT2D eigenvalue weighted by molar-refractivity contribution is 0.0439. The first-order valence-corrected chi connectivity index (χ1v) is 9.72. The standard InChI is InChI=1S/C22H2F10O8/c23-6-2(1-33)3(20(34)35)7(24)10(27)16(6)38-18-12(29)14(31)19(15(32)13(18)30)39-17-9(26)5-4(8(25)11(17)28)21(36)40-22(5)37/h1H,(H,34,35). The van der Waals surface area contributed by atoms with Gasteiger partial charge in [-0.25, -0.2) is 31.9 Å². The van der Waals surface area contributed by atoms with Gasteiger partial charge in [-0.1, -0.05) is 0 Å². The summed E-state index contributed by atoms with van der Waals surface area (Å²) >= 11 is 0. The number of hydrogen-bond acceptors (Lipinski definition) is 7. The lowest BCUT2D eigenvalue weighted by Gasteiger charge is -2.16. The van der Waals surface area contributed by atoms with E-state index < -0.39 is 128 Å². The van der Waals surface area contributed by atoms with Crippen molar-refractivity contribution in [1.82, 2.24) is 0 Å². The van der Waals surface area contributed by atoms with Gasteiger partial charge in [0.05, 0.1) is 5.56 Å². The Morgan fingerprint density at radius 3 is 1.35 bits per heavy atom. The maximum atomic E-state index is 14.6. The van der Waals surface area contributed by atoms with Gasteiger partial charge in [-0.05, 0) is 0 Å². The molecule has 0 spiro atoms. The summed E-state index contributed by atoms with van der Waals surface area (Å²) in [6.07, 6.45) is -0.666. The van der Waals surface area contributed by atoms with E-state index in [4.69, 9.17) is 5.11 Å². The Kier molecular flexibility index (Phi) is 6.65. The molecule has 0 aliphatic carbocycles. The molecule has 18 heteroatoms. The first-order chi connectivity index (χ1) is 18.6. The smallest absolute Gasteiger partial charge is 0.350 e. The number of rotatable bonds is 6. The predicted octanol–water partition coefficient (Wildman–Crippen LogP) is 5.48. The highest BCUT2D eigenvalue weighted by Crippen LogP contribution is 2.43. The zero-order valence-corrected chi connectivity index (χ0v) is 18.2. The Bertz CT molecular complexity index is 1690. The third-order valence-electron chi connectivity index (χ3n) is 5.11. The average Bonchev–Trinajstić information content (AvgIpc) is 3.20. The van der Waals surface area contributed by atoms with Gasteiger partial charge in [0.25, 0.3) is 0 Å². The average molecular weight is 584 g/mol. The molecule has 208 valence electrons. The van der Waals surface area contributed by atoms with Crippen LogP contribution >= 0.6 is 0 Å². The number of hydrogen-bond donors (Lipinski definition) is 1.